The average Bonchev–Trinajstić information content (AvgIpc) is 3.09. The SMILES string of the molecule is CC(=O)N[C@H](CNC(=O)N[C@@H](CCN)CNC(=O)N[C@H](CNC(=O)N[C@H](CNC(=O)N[C@@H](CCN)CNC(N)=O)CC(C)C)CC(C)C)Cc1ccccc1. The minimum Gasteiger partial charge on any atom is -0.352 e. The summed E-state index contributed by atoms with van der Waals surface area (Å²) < 4.78 is 0. The van der Waals surface area contributed by atoms with Gasteiger partial charge in [0.1, 0.15) is 0 Å². The zero-order chi connectivity index (χ0) is 41.2. The number of carbonyl (C=O) groups excluding carboxylic acids is 6. The summed E-state index contributed by atoms with van der Waals surface area (Å²) in [5, 5.41) is 27.9. The lowest BCUT2D eigenvalue weighted by molar-refractivity contribution is -0.119. The van der Waals surface area contributed by atoms with Gasteiger partial charge in [-0.15, -0.1) is 0 Å². The van der Waals surface area contributed by atoms with Gasteiger partial charge in [0.05, 0.1) is 6.04 Å². The second kappa shape index (κ2) is 27.5. The molecule has 19 heteroatoms. The number of carbonyl (C=O) groups is 6. The first-order chi connectivity index (χ1) is 26.1. The van der Waals surface area contributed by atoms with Gasteiger partial charge in [0.25, 0.3) is 0 Å². The highest BCUT2D eigenvalue weighted by molar-refractivity contribution is 5.77. The van der Waals surface area contributed by atoms with Gasteiger partial charge in [-0.2, -0.15) is 0 Å². The summed E-state index contributed by atoms with van der Waals surface area (Å²) in [4.78, 5) is 74.1. The summed E-state index contributed by atoms with van der Waals surface area (Å²) in [6.07, 6.45) is 2.52. The number of hydrogen-bond donors (Lipinski definition) is 13. The quantitative estimate of drug-likeness (QED) is 0.0633. The number of nitrogens with two attached hydrogens (primary N) is 3. The van der Waals surface area contributed by atoms with Crippen LogP contribution in [0.4, 0.5) is 24.0 Å². The molecule has 0 heterocycles. The van der Waals surface area contributed by atoms with Gasteiger partial charge in [0.2, 0.25) is 5.91 Å². The van der Waals surface area contributed by atoms with Gasteiger partial charge in [-0.05, 0) is 62.6 Å². The molecule has 0 spiro atoms. The van der Waals surface area contributed by atoms with Crippen LogP contribution in [0.25, 0.3) is 0 Å². The highest BCUT2D eigenvalue weighted by Crippen LogP contribution is 2.06. The molecular formula is C36H67N13O6. The standard InChI is InChI=1S/C36H67N13O6/c1-23(2)15-29(20-42-33(52)46-27(11-13-37)18-40-32(39)51)49-36(55)43-21-30(16-24(3)4)48-35(54)41-19-28(12-14-38)47-34(53)44-22-31(45-25(5)50)17-26-9-7-6-8-10-26/h6-10,23-24,27-31H,11-22,37-38H2,1-5H3,(H,45,50)(H3,39,40,51)(H2,41,48,54)(H2,42,46,52)(H2,43,49,55)(H2,44,47,53)/t27-,28-,29-,30-,31-/m0/s1. The lowest BCUT2D eigenvalue weighted by atomic mass is 10.0. The minimum absolute atomic E-state index is 0.101. The molecule has 1 aromatic carbocycles. The van der Waals surface area contributed by atoms with Crippen LogP contribution >= 0.6 is 0 Å². The van der Waals surface area contributed by atoms with E-state index in [1.807, 2.05) is 58.0 Å². The summed E-state index contributed by atoms with van der Waals surface area (Å²) in [7, 11) is 0. The normalized spacial score (nSPS) is 13.6. The Bertz CT molecular complexity index is 1300. The van der Waals surface area contributed by atoms with E-state index in [0.29, 0.717) is 38.6 Å². The number of benzene rings is 1. The molecule has 0 saturated heterocycles. The monoisotopic (exact) mass is 778 g/mol. The van der Waals surface area contributed by atoms with E-state index in [1.54, 1.807) is 0 Å². The summed E-state index contributed by atoms with van der Waals surface area (Å²) in [5.74, 6) is 0.205. The second-order valence-corrected chi connectivity index (χ2v) is 14.5. The van der Waals surface area contributed by atoms with Crippen LogP contribution in [0.5, 0.6) is 0 Å². The largest absolute Gasteiger partial charge is 0.352 e. The van der Waals surface area contributed by atoms with E-state index < -0.39 is 54.3 Å². The van der Waals surface area contributed by atoms with Gasteiger partial charge in [0.15, 0.2) is 0 Å². The lowest BCUT2D eigenvalue weighted by Gasteiger charge is -2.25. The maximum absolute atomic E-state index is 13.0. The maximum atomic E-state index is 13.0. The molecule has 19 nitrogen and oxygen atoms in total. The molecular weight excluding hydrogens is 710 g/mol. The predicted molar refractivity (Wildman–Crippen MR) is 213 cm³/mol. The van der Waals surface area contributed by atoms with Crippen molar-refractivity contribution in [2.45, 2.75) is 96.9 Å². The van der Waals surface area contributed by atoms with Crippen LogP contribution in [-0.2, 0) is 11.2 Å². The zero-order valence-corrected chi connectivity index (χ0v) is 33.1. The number of hydrogen-bond acceptors (Lipinski definition) is 8. The van der Waals surface area contributed by atoms with Crippen molar-refractivity contribution in [3.63, 3.8) is 0 Å². The van der Waals surface area contributed by atoms with Crippen LogP contribution in [0.15, 0.2) is 30.3 Å². The van der Waals surface area contributed by atoms with Crippen LogP contribution in [0.1, 0.15) is 65.9 Å². The Hall–Kier alpha value is -5.04. The van der Waals surface area contributed by atoms with Gasteiger partial charge >= 0.3 is 30.2 Å². The Kier molecular flexibility index (Phi) is 24.0. The molecule has 0 aliphatic rings. The molecule has 0 bridgehead atoms. The first-order valence-corrected chi connectivity index (χ1v) is 19.0. The summed E-state index contributed by atoms with van der Waals surface area (Å²) in [6, 6.07) is 5.01. The van der Waals surface area contributed by atoms with Crippen LogP contribution < -0.4 is 70.4 Å². The number of amides is 11. The Morgan fingerprint density at radius 1 is 0.527 bits per heavy atom. The molecule has 0 aromatic heterocycles. The van der Waals surface area contributed by atoms with Crippen LogP contribution in [-0.4, -0.2) is 112 Å². The van der Waals surface area contributed by atoms with Crippen LogP contribution in [0.3, 0.4) is 0 Å². The molecule has 5 atom stereocenters. The number of rotatable bonds is 25. The fraction of sp³-hybridized carbons (Fsp3) is 0.667. The molecule has 55 heavy (non-hydrogen) atoms. The molecule has 0 radical (unpaired) electrons. The Morgan fingerprint density at radius 3 is 1.25 bits per heavy atom. The number of nitrogens with one attached hydrogen (secondary N) is 10. The summed E-state index contributed by atoms with van der Waals surface area (Å²) in [6.45, 7) is 10.7. The van der Waals surface area contributed by atoms with Crippen LogP contribution in [0, 0.1) is 11.8 Å². The van der Waals surface area contributed by atoms with Crippen molar-refractivity contribution in [3.05, 3.63) is 35.9 Å². The molecule has 1 aromatic rings. The third-order valence-corrected chi connectivity index (χ3v) is 8.17. The van der Waals surface area contributed by atoms with Gasteiger partial charge in [0, 0.05) is 63.8 Å². The highest BCUT2D eigenvalue weighted by Gasteiger charge is 2.21. The average molecular weight is 778 g/mol. The van der Waals surface area contributed by atoms with E-state index >= 15 is 0 Å². The zero-order valence-electron chi connectivity index (χ0n) is 33.1. The van der Waals surface area contributed by atoms with E-state index in [1.165, 1.54) is 6.92 Å². The predicted octanol–water partition coefficient (Wildman–Crippen LogP) is -0.137. The van der Waals surface area contributed by atoms with E-state index in [9.17, 15) is 28.8 Å². The fourth-order valence-corrected chi connectivity index (χ4v) is 5.77. The van der Waals surface area contributed by atoms with Crippen molar-refractivity contribution in [2.75, 3.05) is 45.8 Å². The molecule has 312 valence electrons. The van der Waals surface area contributed by atoms with E-state index in [4.69, 9.17) is 17.2 Å². The van der Waals surface area contributed by atoms with Crippen molar-refractivity contribution in [3.8, 4) is 0 Å². The van der Waals surface area contributed by atoms with Crippen molar-refractivity contribution >= 4 is 36.1 Å². The Morgan fingerprint density at radius 2 is 0.891 bits per heavy atom. The lowest BCUT2D eigenvalue weighted by Crippen LogP contribution is -2.55. The molecule has 16 N–H and O–H groups in total. The number of urea groups is 5. The van der Waals surface area contributed by atoms with Crippen molar-refractivity contribution in [1.29, 1.82) is 0 Å². The minimum atomic E-state index is -0.709. The van der Waals surface area contributed by atoms with Crippen molar-refractivity contribution in [2.24, 2.45) is 29.0 Å². The molecule has 0 aliphatic heterocycles. The summed E-state index contributed by atoms with van der Waals surface area (Å²) >= 11 is 0. The summed E-state index contributed by atoms with van der Waals surface area (Å²) in [5.41, 5.74) is 17.6. The van der Waals surface area contributed by atoms with Gasteiger partial charge in [-0.25, -0.2) is 24.0 Å². The maximum Gasteiger partial charge on any atom is 0.315 e. The smallest absolute Gasteiger partial charge is 0.315 e. The third-order valence-electron chi connectivity index (χ3n) is 8.17. The first-order valence-electron chi connectivity index (χ1n) is 19.0. The number of primary amides is 1. The third kappa shape index (κ3) is 24.8. The molecule has 0 unspecified atom stereocenters. The van der Waals surface area contributed by atoms with E-state index in [0.717, 1.165) is 5.56 Å². The molecule has 1 rings (SSSR count). The fourth-order valence-electron chi connectivity index (χ4n) is 5.77. The first kappa shape index (κ1) is 48.0. The van der Waals surface area contributed by atoms with Crippen LogP contribution in [0.2, 0.25) is 0 Å². The molecule has 0 saturated carbocycles. The second-order valence-electron chi connectivity index (χ2n) is 14.5. The van der Waals surface area contributed by atoms with Gasteiger partial charge < -0.3 is 70.4 Å². The van der Waals surface area contributed by atoms with Crippen molar-refractivity contribution < 1.29 is 28.8 Å². The topological polar surface area (TPSA) is 301 Å². The Labute approximate surface area is 325 Å². The van der Waals surface area contributed by atoms with Gasteiger partial charge in [-0.1, -0.05) is 58.0 Å². The highest BCUT2D eigenvalue weighted by atomic mass is 16.2. The Balaban J connectivity index is 2.68. The molecule has 0 aliphatic carbocycles. The molecule has 0 fully saturated rings. The van der Waals surface area contributed by atoms with E-state index in [2.05, 4.69) is 53.2 Å². The van der Waals surface area contributed by atoms with Crippen molar-refractivity contribution in [1.82, 2.24) is 53.2 Å². The van der Waals surface area contributed by atoms with Gasteiger partial charge in [-0.3, -0.25) is 4.79 Å². The van der Waals surface area contributed by atoms with E-state index in [-0.39, 0.29) is 63.1 Å². The molecule has 11 amide bonds.